The van der Waals surface area contributed by atoms with E-state index in [0.29, 0.717) is 16.6 Å². The highest BCUT2D eigenvalue weighted by molar-refractivity contribution is 6.35. The van der Waals surface area contributed by atoms with Crippen molar-refractivity contribution in [3.8, 4) is 0 Å². The zero-order valence-electron chi connectivity index (χ0n) is 14.3. The summed E-state index contributed by atoms with van der Waals surface area (Å²) in [6, 6.07) is 6.61. The Morgan fingerprint density at radius 2 is 1.93 bits per heavy atom. The number of rotatable bonds is 7. The van der Waals surface area contributed by atoms with Gasteiger partial charge in [0.15, 0.2) is 5.82 Å². The van der Waals surface area contributed by atoms with E-state index in [9.17, 15) is 9.59 Å². The highest BCUT2D eigenvalue weighted by Crippen LogP contribution is 2.24. The van der Waals surface area contributed by atoms with E-state index in [1.807, 2.05) is 0 Å². The molecule has 0 fully saturated rings. The average Bonchev–Trinajstić information content (AvgIpc) is 3.22. The summed E-state index contributed by atoms with van der Waals surface area (Å²) in [5, 5.41) is 20.9. The smallest absolute Gasteiger partial charge is 0.305 e. The Hall–Kier alpha value is -2.55. The number of benzene rings is 1. The molecule has 2 aromatic heterocycles. The molecule has 2 heterocycles. The number of anilines is 1. The molecule has 0 aliphatic rings. The van der Waals surface area contributed by atoms with Gasteiger partial charge < -0.3 is 10.4 Å². The van der Waals surface area contributed by atoms with Gasteiger partial charge in [0.2, 0.25) is 0 Å². The fraction of sp³-hybridized carbons (Fsp3) is 0.176. The fourth-order valence-corrected chi connectivity index (χ4v) is 3.13. The molecule has 0 bridgehead atoms. The van der Waals surface area contributed by atoms with Crippen molar-refractivity contribution in [2.45, 2.75) is 19.5 Å². The Balaban J connectivity index is 1.72. The summed E-state index contributed by atoms with van der Waals surface area (Å²) in [4.78, 5) is 23.2. The molecule has 0 aliphatic heterocycles. The van der Waals surface area contributed by atoms with Crippen molar-refractivity contribution in [2.24, 2.45) is 0 Å². The van der Waals surface area contributed by atoms with Gasteiger partial charge in [-0.25, -0.2) is 0 Å². The third-order valence-electron chi connectivity index (χ3n) is 3.78. The zero-order chi connectivity index (χ0) is 20.3. The van der Waals surface area contributed by atoms with Crippen molar-refractivity contribution in [3.63, 3.8) is 0 Å². The van der Waals surface area contributed by atoms with Gasteiger partial charge in [0.05, 0.1) is 19.5 Å². The second-order valence-electron chi connectivity index (χ2n) is 5.80. The first-order valence-corrected chi connectivity index (χ1v) is 9.18. The van der Waals surface area contributed by atoms with E-state index in [1.165, 1.54) is 21.6 Å². The number of aliphatic carboxylic acids is 1. The molecule has 0 atom stereocenters. The third kappa shape index (κ3) is 4.83. The van der Waals surface area contributed by atoms with Crippen LogP contribution in [0.1, 0.15) is 22.5 Å². The Labute approximate surface area is 174 Å². The van der Waals surface area contributed by atoms with Crippen molar-refractivity contribution < 1.29 is 14.7 Å². The minimum Gasteiger partial charge on any atom is -0.481 e. The second kappa shape index (κ2) is 8.64. The number of aryl methyl sites for hydroxylation is 1. The first kappa shape index (κ1) is 20.2. The van der Waals surface area contributed by atoms with Gasteiger partial charge >= 0.3 is 5.97 Å². The van der Waals surface area contributed by atoms with Crippen LogP contribution in [0.2, 0.25) is 15.1 Å². The summed E-state index contributed by atoms with van der Waals surface area (Å²) in [5.74, 6) is -1.31. The molecule has 0 unspecified atom stereocenters. The van der Waals surface area contributed by atoms with Crippen molar-refractivity contribution in [1.82, 2.24) is 19.6 Å². The Morgan fingerprint density at radius 1 is 1.14 bits per heavy atom. The predicted molar refractivity (Wildman–Crippen MR) is 105 cm³/mol. The molecule has 8 nitrogen and oxygen atoms in total. The normalized spacial score (nSPS) is 10.8. The maximum Gasteiger partial charge on any atom is 0.305 e. The molecule has 146 valence electrons. The lowest BCUT2D eigenvalue weighted by atomic mass is 10.2. The van der Waals surface area contributed by atoms with Crippen LogP contribution >= 0.6 is 34.8 Å². The Morgan fingerprint density at radius 3 is 2.64 bits per heavy atom. The summed E-state index contributed by atoms with van der Waals surface area (Å²) in [7, 11) is 0. The van der Waals surface area contributed by atoms with Crippen molar-refractivity contribution >= 4 is 52.5 Å². The standard InChI is InChI=1S/C17H14Cl3N5O3/c18-11-2-1-10(12(19)7-11)8-24-9-13(20)16(23-24)22-17(28)14-3-5-21-25(14)6-4-15(26)27/h1-3,5,7,9H,4,6,8H2,(H,26,27)(H,22,23,28). The lowest BCUT2D eigenvalue weighted by Crippen LogP contribution is -2.19. The molecule has 0 radical (unpaired) electrons. The summed E-state index contributed by atoms with van der Waals surface area (Å²) in [6.45, 7) is 0.407. The Bertz CT molecular complexity index is 1030. The van der Waals surface area contributed by atoms with E-state index in [2.05, 4.69) is 15.5 Å². The van der Waals surface area contributed by atoms with Gasteiger partial charge in [0.1, 0.15) is 10.7 Å². The quantitative estimate of drug-likeness (QED) is 0.579. The van der Waals surface area contributed by atoms with E-state index >= 15 is 0 Å². The van der Waals surface area contributed by atoms with E-state index in [4.69, 9.17) is 39.9 Å². The number of nitrogens with zero attached hydrogens (tertiary/aromatic N) is 4. The largest absolute Gasteiger partial charge is 0.481 e. The number of nitrogens with one attached hydrogen (secondary N) is 1. The predicted octanol–water partition coefficient (Wildman–Crippen LogP) is 3.82. The van der Waals surface area contributed by atoms with Gasteiger partial charge in [-0.3, -0.25) is 19.0 Å². The van der Waals surface area contributed by atoms with Crippen LogP contribution < -0.4 is 5.32 Å². The minimum atomic E-state index is -0.982. The van der Waals surface area contributed by atoms with Crippen LogP contribution in [0, 0.1) is 0 Å². The monoisotopic (exact) mass is 441 g/mol. The van der Waals surface area contributed by atoms with Crippen molar-refractivity contribution in [2.75, 3.05) is 5.32 Å². The average molecular weight is 443 g/mol. The molecular formula is C17H14Cl3N5O3. The zero-order valence-corrected chi connectivity index (χ0v) is 16.5. The lowest BCUT2D eigenvalue weighted by Gasteiger charge is -2.07. The molecule has 3 rings (SSSR count). The van der Waals surface area contributed by atoms with Crippen LogP contribution in [-0.2, 0) is 17.9 Å². The van der Waals surface area contributed by atoms with Crippen LogP contribution in [0.25, 0.3) is 0 Å². The van der Waals surface area contributed by atoms with Gasteiger partial charge in [-0.05, 0) is 23.8 Å². The molecule has 1 aromatic carbocycles. The first-order valence-electron chi connectivity index (χ1n) is 8.05. The van der Waals surface area contributed by atoms with Gasteiger partial charge in [-0.2, -0.15) is 10.2 Å². The maximum atomic E-state index is 12.5. The third-order valence-corrected chi connectivity index (χ3v) is 4.65. The number of aromatic nitrogens is 4. The van der Waals surface area contributed by atoms with E-state index in [1.54, 1.807) is 24.4 Å². The number of carbonyl (C=O) groups excluding carboxylic acids is 1. The van der Waals surface area contributed by atoms with Crippen LogP contribution in [0.4, 0.5) is 5.82 Å². The number of hydrogen-bond acceptors (Lipinski definition) is 4. The maximum absolute atomic E-state index is 12.5. The highest BCUT2D eigenvalue weighted by atomic mass is 35.5. The van der Waals surface area contributed by atoms with E-state index in [0.717, 1.165) is 5.56 Å². The summed E-state index contributed by atoms with van der Waals surface area (Å²) in [5.41, 5.74) is 0.988. The number of amides is 1. The SMILES string of the molecule is O=C(O)CCn1nccc1C(=O)Nc1nn(Cc2ccc(Cl)cc2Cl)cc1Cl. The summed E-state index contributed by atoms with van der Waals surface area (Å²) in [6.07, 6.45) is 2.82. The minimum absolute atomic E-state index is 0.0718. The molecule has 11 heteroatoms. The molecular weight excluding hydrogens is 429 g/mol. The number of carbonyl (C=O) groups is 2. The molecule has 1 amide bonds. The van der Waals surface area contributed by atoms with E-state index < -0.39 is 11.9 Å². The first-order chi connectivity index (χ1) is 13.3. The van der Waals surface area contributed by atoms with Crippen LogP contribution in [-0.4, -0.2) is 36.5 Å². The highest BCUT2D eigenvalue weighted by Gasteiger charge is 2.17. The van der Waals surface area contributed by atoms with E-state index in [-0.39, 0.29) is 29.5 Å². The molecule has 3 aromatic rings. The van der Waals surface area contributed by atoms with Gasteiger partial charge in [0.25, 0.3) is 5.91 Å². The van der Waals surface area contributed by atoms with Crippen molar-refractivity contribution in [3.05, 3.63) is 63.0 Å². The van der Waals surface area contributed by atoms with Crippen LogP contribution in [0.15, 0.2) is 36.7 Å². The molecule has 0 aliphatic carbocycles. The fourth-order valence-electron chi connectivity index (χ4n) is 2.46. The van der Waals surface area contributed by atoms with Crippen molar-refractivity contribution in [1.29, 1.82) is 0 Å². The number of carboxylic acid groups (broad SMARTS) is 1. The van der Waals surface area contributed by atoms with Gasteiger partial charge in [-0.15, -0.1) is 0 Å². The molecule has 0 saturated heterocycles. The summed E-state index contributed by atoms with van der Waals surface area (Å²) < 4.78 is 2.84. The molecule has 0 spiro atoms. The van der Waals surface area contributed by atoms with Gasteiger partial charge in [0, 0.05) is 22.4 Å². The molecule has 2 N–H and O–H groups in total. The van der Waals surface area contributed by atoms with Crippen LogP contribution in [0.3, 0.4) is 0 Å². The summed E-state index contributed by atoms with van der Waals surface area (Å²) >= 11 is 18.2. The topological polar surface area (TPSA) is 102 Å². The number of carboxylic acids is 1. The number of halogens is 3. The molecule has 28 heavy (non-hydrogen) atoms. The Kier molecular flexibility index (Phi) is 6.23. The lowest BCUT2D eigenvalue weighted by molar-refractivity contribution is -0.137. The molecule has 0 saturated carbocycles. The van der Waals surface area contributed by atoms with Crippen LogP contribution in [0.5, 0.6) is 0 Å². The second-order valence-corrected chi connectivity index (χ2v) is 7.05. The van der Waals surface area contributed by atoms with Gasteiger partial charge in [-0.1, -0.05) is 40.9 Å². The number of hydrogen-bond donors (Lipinski definition) is 2.